The number of nitrogens with zero attached hydrogens (tertiary/aromatic N) is 3. The molecule has 0 aliphatic heterocycles. The molecule has 0 aromatic carbocycles. The predicted octanol–water partition coefficient (Wildman–Crippen LogP) is 0.729. The van der Waals surface area contributed by atoms with E-state index in [-0.39, 0.29) is 19.0 Å². The molecule has 0 bridgehead atoms. The average Bonchev–Trinajstić information content (AvgIpc) is 2.35. The maximum absolute atomic E-state index is 11.9. The van der Waals surface area contributed by atoms with Crippen LogP contribution in [0.3, 0.4) is 0 Å². The van der Waals surface area contributed by atoms with Crippen molar-refractivity contribution in [1.82, 2.24) is 20.4 Å². The zero-order valence-corrected chi connectivity index (χ0v) is 11.0. The highest BCUT2D eigenvalue weighted by molar-refractivity contribution is 5.80. The molecule has 7 nitrogen and oxygen atoms in total. The molecule has 0 saturated carbocycles. The molecule has 1 aromatic rings. The highest BCUT2D eigenvalue weighted by Crippen LogP contribution is 2.00. The number of aliphatic carboxylic acids is 1. The van der Waals surface area contributed by atoms with Crippen LogP contribution in [0.4, 0.5) is 4.79 Å². The summed E-state index contributed by atoms with van der Waals surface area (Å²) in [6.07, 6.45) is 1.54. The fourth-order valence-electron chi connectivity index (χ4n) is 1.53. The molecule has 0 fully saturated rings. The van der Waals surface area contributed by atoms with Crippen molar-refractivity contribution in [2.45, 2.75) is 20.4 Å². The number of urea groups is 1. The van der Waals surface area contributed by atoms with Gasteiger partial charge in [-0.05, 0) is 18.1 Å². The molecule has 0 aliphatic carbocycles. The maximum atomic E-state index is 11.9. The van der Waals surface area contributed by atoms with Crippen molar-refractivity contribution in [2.75, 3.05) is 13.1 Å². The lowest BCUT2D eigenvalue weighted by molar-refractivity contribution is -0.137. The van der Waals surface area contributed by atoms with Gasteiger partial charge in [0.05, 0.1) is 12.2 Å². The van der Waals surface area contributed by atoms with Gasteiger partial charge in [0, 0.05) is 12.7 Å². The van der Waals surface area contributed by atoms with Crippen LogP contribution in [0.1, 0.15) is 19.5 Å². The Bertz CT molecular complexity index is 422. The van der Waals surface area contributed by atoms with Crippen molar-refractivity contribution in [3.05, 3.63) is 24.0 Å². The van der Waals surface area contributed by atoms with Crippen molar-refractivity contribution in [2.24, 2.45) is 5.92 Å². The number of rotatable bonds is 6. The van der Waals surface area contributed by atoms with Gasteiger partial charge in [-0.1, -0.05) is 13.8 Å². The van der Waals surface area contributed by atoms with Crippen molar-refractivity contribution in [3.63, 3.8) is 0 Å². The third-order valence-corrected chi connectivity index (χ3v) is 2.25. The second-order valence-corrected chi connectivity index (χ2v) is 4.54. The normalized spacial score (nSPS) is 10.3. The summed E-state index contributed by atoms with van der Waals surface area (Å²) >= 11 is 0. The van der Waals surface area contributed by atoms with Gasteiger partial charge < -0.3 is 15.3 Å². The lowest BCUT2D eigenvalue weighted by Crippen LogP contribution is -2.44. The Morgan fingerprint density at radius 3 is 2.74 bits per heavy atom. The summed E-state index contributed by atoms with van der Waals surface area (Å²) in [7, 11) is 0. The average molecular weight is 266 g/mol. The standard InChI is InChI=1S/C12H18N4O3/c1-9(2)7-16(8-11(17)18)12(19)13-6-10-4-3-5-14-15-10/h3-5,9H,6-8H2,1-2H3,(H,13,19)(H,17,18). The van der Waals surface area contributed by atoms with Gasteiger partial charge in [0.25, 0.3) is 0 Å². The van der Waals surface area contributed by atoms with Gasteiger partial charge in [0.15, 0.2) is 0 Å². The first kappa shape index (κ1) is 14.9. The van der Waals surface area contributed by atoms with E-state index in [1.165, 1.54) is 4.90 Å². The fourth-order valence-corrected chi connectivity index (χ4v) is 1.53. The summed E-state index contributed by atoms with van der Waals surface area (Å²) in [5.74, 6) is -0.836. The lowest BCUT2D eigenvalue weighted by Gasteiger charge is -2.22. The Morgan fingerprint density at radius 2 is 2.21 bits per heavy atom. The molecule has 1 heterocycles. The van der Waals surface area contributed by atoms with Crippen molar-refractivity contribution < 1.29 is 14.7 Å². The van der Waals surface area contributed by atoms with E-state index in [2.05, 4.69) is 15.5 Å². The van der Waals surface area contributed by atoms with E-state index in [9.17, 15) is 9.59 Å². The molecule has 0 atom stereocenters. The van der Waals surface area contributed by atoms with Gasteiger partial charge in [-0.3, -0.25) is 4.79 Å². The minimum Gasteiger partial charge on any atom is -0.480 e. The molecule has 2 N–H and O–H groups in total. The Morgan fingerprint density at radius 1 is 1.47 bits per heavy atom. The monoisotopic (exact) mass is 266 g/mol. The Labute approximate surface area is 111 Å². The van der Waals surface area contributed by atoms with Gasteiger partial charge in [-0.2, -0.15) is 10.2 Å². The zero-order valence-electron chi connectivity index (χ0n) is 11.0. The van der Waals surface area contributed by atoms with Gasteiger partial charge in [-0.25, -0.2) is 4.79 Å². The second kappa shape index (κ2) is 7.30. The first-order valence-corrected chi connectivity index (χ1v) is 6.00. The van der Waals surface area contributed by atoms with Crippen LogP contribution in [0.5, 0.6) is 0 Å². The molecule has 0 spiro atoms. The van der Waals surface area contributed by atoms with E-state index >= 15 is 0 Å². The Kier molecular flexibility index (Phi) is 5.72. The molecule has 7 heteroatoms. The second-order valence-electron chi connectivity index (χ2n) is 4.54. The molecule has 19 heavy (non-hydrogen) atoms. The number of carboxylic acids is 1. The molecule has 0 radical (unpaired) electrons. The first-order chi connectivity index (χ1) is 8.99. The minimum absolute atomic E-state index is 0.196. The summed E-state index contributed by atoms with van der Waals surface area (Å²) in [5, 5.41) is 18.9. The van der Waals surface area contributed by atoms with Crippen LogP contribution in [0, 0.1) is 5.92 Å². The number of hydrogen-bond donors (Lipinski definition) is 2. The molecule has 0 saturated heterocycles. The largest absolute Gasteiger partial charge is 0.480 e. The van der Waals surface area contributed by atoms with Crippen LogP contribution in [-0.4, -0.2) is 45.3 Å². The summed E-state index contributed by atoms with van der Waals surface area (Å²) in [6, 6.07) is 3.04. The fraction of sp³-hybridized carbons (Fsp3) is 0.500. The molecular weight excluding hydrogens is 248 g/mol. The predicted molar refractivity (Wildman–Crippen MR) is 68.3 cm³/mol. The van der Waals surface area contributed by atoms with Crippen LogP contribution in [0.2, 0.25) is 0 Å². The van der Waals surface area contributed by atoms with E-state index < -0.39 is 12.0 Å². The summed E-state index contributed by atoms with van der Waals surface area (Å²) in [5.41, 5.74) is 0.621. The van der Waals surface area contributed by atoms with Crippen molar-refractivity contribution >= 4 is 12.0 Å². The van der Waals surface area contributed by atoms with E-state index in [0.717, 1.165) is 0 Å². The number of aromatic nitrogens is 2. The Balaban J connectivity index is 2.54. The summed E-state index contributed by atoms with van der Waals surface area (Å²) < 4.78 is 0. The number of carbonyl (C=O) groups is 2. The number of hydrogen-bond acceptors (Lipinski definition) is 4. The van der Waals surface area contributed by atoms with Crippen LogP contribution in [-0.2, 0) is 11.3 Å². The molecular formula is C12H18N4O3. The first-order valence-electron chi connectivity index (χ1n) is 6.00. The molecule has 0 unspecified atom stereocenters. The quantitative estimate of drug-likeness (QED) is 0.791. The van der Waals surface area contributed by atoms with Crippen LogP contribution < -0.4 is 5.32 Å². The number of nitrogens with one attached hydrogen (secondary N) is 1. The highest BCUT2D eigenvalue weighted by atomic mass is 16.4. The van der Waals surface area contributed by atoms with Crippen LogP contribution >= 0.6 is 0 Å². The molecule has 104 valence electrons. The van der Waals surface area contributed by atoms with E-state index in [0.29, 0.717) is 12.2 Å². The third kappa shape index (κ3) is 5.80. The molecule has 1 aromatic heterocycles. The van der Waals surface area contributed by atoms with Gasteiger partial charge >= 0.3 is 12.0 Å². The SMILES string of the molecule is CC(C)CN(CC(=O)O)C(=O)NCc1cccnn1. The highest BCUT2D eigenvalue weighted by Gasteiger charge is 2.17. The van der Waals surface area contributed by atoms with E-state index in [1.54, 1.807) is 18.3 Å². The molecule has 0 aliphatic rings. The van der Waals surface area contributed by atoms with E-state index in [1.807, 2.05) is 13.8 Å². The topological polar surface area (TPSA) is 95.4 Å². The zero-order chi connectivity index (χ0) is 14.3. The summed E-state index contributed by atoms with van der Waals surface area (Å²) in [4.78, 5) is 23.9. The van der Waals surface area contributed by atoms with Crippen molar-refractivity contribution in [1.29, 1.82) is 0 Å². The van der Waals surface area contributed by atoms with E-state index in [4.69, 9.17) is 5.11 Å². The van der Waals surface area contributed by atoms with Crippen LogP contribution in [0.15, 0.2) is 18.3 Å². The maximum Gasteiger partial charge on any atom is 0.323 e. The minimum atomic E-state index is -1.03. The van der Waals surface area contributed by atoms with Crippen molar-refractivity contribution in [3.8, 4) is 0 Å². The van der Waals surface area contributed by atoms with Gasteiger partial charge in [-0.15, -0.1) is 0 Å². The third-order valence-electron chi connectivity index (χ3n) is 2.25. The smallest absolute Gasteiger partial charge is 0.323 e. The molecule has 2 amide bonds. The summed E-state index contributed by atoms with van der Waals surface area (Å²) in [6.45, 7) is 4.14. The van der Waals surface area contributed by atoms with Gasteiger partial charge in [0.1, 0.15) is 6.54 Å². The number of carboxylic acid groups (broad SMARTS) is 1. The Hall–Kier alpha value is -2.18. The molecule has 1 rings (SSSR count). The number of carbonyl (C=O) groups excluding carboxylic acids is 1. The van der Waals surface area contributed by atoms with Crippen LogP contribution in [0.25, 0.3) is 0 Å². The van der Waals surface area contributed by atoms with Gasteiger partial charge in [0.2, 0.25) is 0 Å². The number of amides is 2. The lowest BCUT2D eigenvalue weighted by atomic mass is 10.2.